The van der Waals surface area contributed by atoms with E-state index < -0.39 is 0 Å². The lowest BCUT2D eigenvalue weighted by Crippen LogP contribution is -2.31. The van der Waals surface area contributed by atoms with Crippen LogP contribution in [0.4, 0.5) is 0 Å². The molecule has 2 heterocycles. The van der Waals surface area contributed by atoms with Gasteiger partial charge in [0.1, 0.15) is 6.33 Å². The molecule has 2 aromatic heterocycles. The Bertz CT molecular complexity index is 959. The van der Waals surface area contributed by atoms with Gasteiger partial charge in [-0.05, 0) is 31.9 Å². The van der Waals surface area contributed by atoms with E-state index in [1.54, 1.807) is 30.7 Å². The molecule has 7 nitrogen and oxygen atoms in total. The first-order chi connectivity index (χ1) is 12.6. The van der Waals surface area contributed by atoms with E-state index in [-0.39, 0.29) is 17.5 Å². The molecule has 3 rings (SSSR count). The van der Waals surface area contributed by atoms with E-state index in [9.17, 15) is 9.59 Å². The first-order valence-corrected chi connectivity index (χ1v) is 8.54. The van der Waals surface area contributed by atoms with Crippen molar-refractivity contribution in [3.8, 4) is 0 Å². The number of aryl methyl sites for hydroxylation is 1. The summed E-state index contributed by atoms with van der Waals surface area (Å²) in [6.07, 6.45) is 11.5. The summed E-state index contributed by atoms with van der Waals surface area (Å²) in [6.45, 7) is 2.83. The van der Waals surface area contributed by atoms with E-state index in [1.165, 1.54) is 23.2 Å². The van der Waals surface area contributed by atoms with E-state index >= 15 is 0 Å². The van der Waals surface area contributed by atoms with Crippen LogP contribution in [0.5, 0.6) is 0 Å². The van der Waals surface area contributed by atoms with Gasteiger partial charge in [0.05, 0.1) is 17.2 Å². The molecule has 1 amide bonds. The van der Waals surface area contributed by atoms with Crippen molar-refractivity contribution in [1.29, 1.82) is 0 Å². The molecule has 0 aliphatic heterocycles. The molecule has 3 aromatic rings. The van der Waals surface area contributed by atoms with Gasteiger partial charge in [-0.15, -0.1) is 0 Å². The molecule has 0 saturated heterocycles. The Morgan fingerprint density at radius 1 is 1.31 bits per heavy atom. The molecule has 0 spiro atoms. The van der Waals surface area contributed by atoms with Crippen LogP contribution in [-0.4, -0.2) is 31.1 Å². The first kappa shape index (κ1) is 17.6. The number of rotatable bonds is 7. The van der Waals surface area contributed by atoms with E-state index in [1.807, 2.05) is 23.8 Å². The number of para-hydroxylation sites is 1. The van der Waals surface area contributed by atoms with Crippen LogP contribution in [0.2, 0.25) is 0 Å². The Morgan fingerprint density at radius 2 is 2.15 bits per heavy atom. The van der Waals surface area contributed by atoms with Gasteiger partial charge in [-0.1, -0.05) is 12.1 Å². The van der Waals surface area contributed by atoms with Gasteiger partial charge < -0.3 is 9.88 Å². The van der Waals surface area contributed by atoms with Crippen molar-refractivity contribution in [3.63, 3.8) is 0 Å². The predicted octanol–water partition coefficient (Wildman–Crippen LogP) is 2.05. The molecule has 134 valence electrons. The summed E-state index contributed by atoms with van der Waals surface area (Å²) >= 11 is 0. The summed E-state index contributed by atoms with van der Waals surface area (Å²) < 4.78 is 3.32. The number of benzene rings is 1. The average Bonchev–Trinajstić information content (AvgIpc) is 3.15. The largest absolute Gasteiger partial charge is 0.350 e. The summed E-state index contributed by atoms with van der Waals surface area (Å²) in [4.78, 5) is 32.6. The lowest BCUT2D eigenvalue weighted by Gasteiger charge is -2.12. The number of carbonyl (C=O) groups is 1. The van der Waals surface area contributed by atoms with Crippen LogP contribution in [0.15, 0.2) is 60.2 Å². The number of hydrogen-bond donors (Lipinski definition) is 1. The normalized spacial score (nSPS) is 12.5. The van der Waals surface area contributed by atoms with Gasteiger partial charge in [0.2, 0.25) is 5.91 Å². The summed E-state index contributed by atoms with van der Waals surface area (Å²) in [5.41, 5.74) is 0.436. The van der Waals surface area contributed by atoms with Crippen LogP contribution in [0.1, 0.15) is 19.8 Å². The Hall–Kier alpha value is -3.22. The van der Waals surface area contributed by atoms with Crippen molar-refractivity contribution in [1.82, 2.24) is 24.4 Å². The number of hydrogen-bond acceptors (Lipinski definition) is 4. The standard InChI is InChI=1S/C19H21N5O2/c1-15(5-4-10-23-12-9-20-13-23)22-18(25)8-11-24-14-21-17-7-3-2-6-16(17)19(24)26/h2-3,6-9,11-15H,4-5,10H2,1H3,(H,22,25)/b11-8+. The lowest BCUT2D eigenvalue weighted by atomic mass is 10.2. The number of nitrogens with one attached hydrogen (secondary N) is 1. The van der Waals surface area contributed by atoms with Gasteiger partial charge in [-0.25, -0.2) is 9.97 Å². The summed E-state index contributed by atoms with van der Waals surface area (Å²) in [6, 6.07) is 7.16. The van der Waals surface area contributed by atoms with Crippen molar-refractivity contribution in [3.05, 3.63) is 65.7 Å². The predicted molar refractivity (Wildman–Crippen MR) is 100 cm³/mol. The summed E-state index contributed by atoms with van der Waals surface area (Å²) in [5.74, 6) is -0.236. The van der Waals surface area contributed by atoms with Crippen molar-refractivity contribution < 1.29 is 4.79 Å². The number of nitrogens with zero attached hydrogens (tertiary/aromatic N) is 4. The Morgan fingerprint density at radius 3 is 2.96 bits per heavy atom. The highest BCUT2D eigenvalue weighted by atomic mass is 16.1. The van der Waals surface area contributed by atoms with E-state index in [4.69, 9.17) is 0 Å². The third-order valence-electron chi connectivity index (χ3n) is 4.08. The van der Waals surface area contributed by atoms with E-state index in [0.29, 0.717) is 10.9 Å². The maximum absolute atomic E-state index is 12.3. The van der Waals surface area contributed by atoms with Gasteiger partial charge >= 0.3 is 0 Å². The SMILES string of the molecule is CC(CCCn1ccnc1)NC(=O)/C=C/n1cnc2ccccc2c1=O. The molecule has 1 N–H and O–H groups in total. The third kappa shape index (κ3) is 4.44. The minimum Gasteiger partial charge on any atom is -0.350 e. The minimum absolute atomic E-state index is 0.0436. The third-order valence-corrected chi connectivity index (χ3v) is 4.08. The zero-order valence-corrected chi connectivity index (χ0v) is 14.6. The second-order valence-corrected chi connectivity index (χ2v) is 6.14. The van der Waals surface area contributed by atoms with Crippen LogP contribution in [0.25, 0.3) is 17.1 Å². The minimum atomic E-state index is -0.236. The topological polar surface area (TPSA) is 81.8 Å². The zero-order chi connectivity index (χ0) is 18.4. The van der Waals surface area contributed by atoms with Crippen molar-refractivity contribution in [2.24, 2.45) is 0 Å². The lowest BCUT2D eigenvalue weighted by molar-refractivity contribution is -0.117. The highest BCUT2D eigenvalue weighted by Gasteiger charge is 2.05. The van der Waals surface area contributed by atoms with Gasteiger partial charge in [0.25, 0.3) is 5.56 Å². The number of amides is 1. The Kier molecular flexibility index (Phi) is 5.58. The molecule has 7 heteroatoms. The Labute approximate surface area is 151 Å². The van der Waals surface area contributed by atoms with Crippen molar-refractivity contribution in [2.45, 2.75) is 32.4 Å². The second kappa shape index (κ2) is 8.24. The molecule has 0 aliphatic rings. The Balaban J connectivity index is 1.54. The highest BCUT2D eigenvalue weighted by Crippen LogP contribution is 2.04. The van der Waals surface area contributed by atoms with E-state index in [0.717, 1.165) is 19.4 Å². The van der Waals surface area contributed by atoms with Crippen LogP contribution in [0.3, 0.4) is 0 Å². The maximum atomic E-state index is 12.3. The molecule has 26 heavy (non-hydrogen) atoms. The quantitative estimate of drug-likeness (QED) is 0.661. The van der Waals surface area contributed by atoms with Crippen molar-refractivity contribution >= 4 is 23.0 Å². The monoisotopic (exact) mass is 351 g/mol. The molecule has 0 radical (unpaired) electrons. The molecule has 0 saturated carbocycles. The number of aromatic nitrogens is 4. The molecule has 1 unspecified atom stereocenters. The molecule has 0 aliphatic carbocycles. The van der Waals surface area contributed by atoms with Crippen LogP contribution in [0, 0.1) is 0 Å². The highest BCUT2D eigenvalue weighted by molar-refractivity contribution is 5.90. The van der Waals surface area contributed by atoms with Gasteiger partial charge in [-0.2, -0.15) is 0 Å². The molecule has 1 atom stereocenters. The number of fused-ring (bicyclic) bond motifs is 1. The molecule has 0 bridgehead atoms. The van der Waals surface area contributed by atoms with Gasteiger partial charge in [-0.3, -0.25) is 14.2 Å². The van der Waals surface area contributed by atoms with Gasteiger partial charge in [0, 0.05) is 37.3 Å². The average molecular weight is 351 g/mol. The fourth-order valence-corrected chi connectivity index (χ4v) is 2.70. The second-order valence-electron chi connectivity index (χ2n) is 6.14. The van der Waals surface area contributed by atoms with E-state index in [2.05, 4.69) is 15.3 Å². The number of carbonyl (C=O) groups excluding carboxylic acids is 1. The smallest absolute Gasteiger partial charge is 0.265 e. The summed E-state index contributed by atoms with van der Waals surface area (Å²) in [5, 5.41) is 3.42. The molecule has 0 fully saturated rings. The van der Waals surface area contributed by atoms with Crippen LogP contribution < -0.4 is 10.9 Å². The fraction of sp³-hybridized carbons (Fsp3) is 0.263. The van der Waals surface area contributed by atoms with Crippen LogP contribution >= 0.6 is 0 Å². The number of imidazole rings is 1. The molecular weight excluding hydrogens is 330 g/mol. The maximum Gasteiger partial charge on any atom is 0.265 e. The van der Waals surface area contributed by atoms with Gasteiger partial charge in [0.15, 0.2) is 0 Å². The van der Waals surface area contributed by atoms with Crippen molar-refractivity contribution in [2.75, 3.05) is 0 Å². The fourth-order valence-electron chi connectivity index (χ4n) is 2.70. The molecular formula is C19H21N5O2. The van der Waals surface area contributed by atoms with Crippen LogP contribution in [-0.2, 0) is 11.3 Å². The molecule has 1 aromatic carbocycles. The summed E-state index contributed by atoms with van der Waals surface area (Å²) in [7, 11) is 0. The first-order valence-electron chi connectivity index (χ1n) is 8.54. The zero-order valence-electron chi connectivity index (χ0n) is 14.6.